The molecule has 1 amide bonds. The Kier molecular flexibility index (Phi) is 3.42. The number of anilines is 1. The Balaban J connectivity index is 2.22. The van der Waals surface area contributed by atoms with Gasteiger partial charge in [0.05, 0.1) is 7.11 Å². The average molecular weight is 368 g/mol. The van der Waals surface area contributed by atoms with E-state index < -0.39 is 22.9 Å². The summed E-state index contributed by atoms with van der Waals surface area (Å²) >= 11 is 0. The van der Waals surface area contributed by atoms with E-state index >= 15 is 0 Å². The lowest BCUT2D eigenvalue weighted by atomic mass is 9.69. The fraction of sp³-hybridized carbons (Fsp3) is 0.211. The van der Waals surface area contributed by atoms with E-state index in [0.717, 1.165) is 0 Å². The van der Waals surface area contributed by atoms with Crippen LogP contribution >= 0.6 is 0 Å². The Bertz CT molecular complexity index is 1100. The van der Waals surface area contributed by atoms with Crippen molar-refractivity contribution >= 4 is 17.6 Å². The van der Waals surface area contributed by atoms with E-state index in [0.29, 0.717) is 11.3 Å². The van der Waals surface area contributed by atoms with Crippen molar-refractivity contribution in [3.63, 3.8) is 0 Å². The molecule has 27 heavy (non-hydrogen) atoms. The minimum absolute atomic E-state index is 0.0763. The van der Waals surface area contributed by atoms with Gasteiger partial charge in [-0.3, -0.25) is 4.79 Å². The molecule has 0 aliphatic carbocycles. The fourth-order valence-corrected chi connectivity index (χ4v) is 3.88. The Morgan fingerprint density at radius 1 is 1.26 bits per heavy atom. The number of likely N-dealkylation sites (N-methyl/N-ethyl adjacent to an activating group) is 1. The van der Waals surface area contributed by atoms with Crippen LogP contribution in [-0.2, 0) is 19.7 Å². The molecule has 0 bridgehead atoms. The van der Waals surface area contributed by atoms with E-state index in [1.807, 2.05) is 0 Å². The Labute approximate surface area is 153 Å². The molecular formula is C19H16N2O6. The third-order valence-corrected chi connectivity index (χ3v) is 4.94. The zero-order chi connectivity index (χ0) is 19.5. The quantitative estimate of drug-likeness (QED) is 0.746. The molecule has 0 radical (unpaired) electrons. The molecule has 138 valence electrons. The van der Waals surface area contributed by atoms with Crippen LogP contribution in [0.4, 0.5) is 5.69 Å². The summed E-state index contributed by atoms with van der Waals surface area (Å²) in [5.74, 6) is -1.32. The van der Waals surface area contributed by atoms with Gasteiger partial charge in [-0.15, -0.1) is 0 Å². The lowest BCUT2D eigenvalue weighted by molar-refractivity contribution is -0.138. The van der Waals surface area contributed by atoms with E-state index in [-0.39, 0.29) is 28.5 Å². The van der Waals surface area contributed by atoms with E-state index in [9.17, 15) is 14.4 Å². The van der Waals surface area contributed by atoms with Gasteiger partial charge in [0.2, 0.25) is 11.8 Å². The minimum atomic E-state index is -1.80. The number of ether oxygens (including phenoxy) is 2. The van der Waals surface area contributed by atoms with Crippen LogP contribution in [0.1, 0.15) is 16.9 Å². The number of hydrogen-bond acceptors (Lipinski definition) is 7. The first-order valence-corrected chi connectivity index (χ1v) is 8.13. The maximum Gasteiger partial charge on any atom is 0.344 e. The molecule has 8 nitrogen and oxygen atoms in total. The summed E-state index contributed by atoms with van der Waals surface area (Å²) in [6, 6.07) is 8.32. The standard InChI is InChI=1S/C19H16N2O6/c1-9-8-12-13(17(23)26-9)19(14(15(20)27-12)16(22)25-3)10-6-4-5-7-11(10)21(2)18(19)24/h4-8H,20H2,1-3H3/t19-/m1/s1. The molecule has 2 aromatic rings. The van der Waals surface area contributed by atoms with Gasteiger partial charge in [0.1, 0.15) is 28.1 Å². The van der Waals surface area contributed by atoms with Crippen molar-refractivity contribution < 1.29 is 23.5 Å². The van der Waals surface area contributed by atoms with Crippen molar-refractivity contribution in [3.8, 4) is 5.75 Å². The lowest BCUT2D eigenvalue weighted by Crippen LogP contribution is -2.50. The van der Waals surface area contributed by atoms with Gasteiger partial charge in [-0.1, -0.05) is 18.2 Å². The summed E-state index contributed by atoms with van der Waals surface area (Å²) in [4.78, 5) is 40.4. The third-order valence-electron chi connectivity index (χ3n) is 4.94. The van der Waals surface area contributed by atoms with Crippen molar-refractivity contribution in [1.29, 1.82) is 0 Å². The molecule has 1 spiro atoms. The van der Waals surface area contributed by atoms with Crippen LogP contribution in [0.2, 0.25) is 0 Å². The van der Waals surface area contributed by atoms with E-state index in [1.54, 1.807) is 38.2 Å². The maximum atomic E-state index is 13.5. The third kappa shape index (κ3) is 1.95. The molecule has 0 unspecified atom stereocenters. The molecule has 1 aromatic carbocycles. The zero-order valence-corrected chi connectivity index (χ0v) is 14.9. The van der Waals surface area contributed by atoms with Gasteiger partial charge >= 0.3 is 11.6 Å². The van der Waals surface area contributed by atoms with Crippen LogP contribution in [0, 0.1) is 6.92 Å². The molecule has 0 saturated carbocycles. The first-order chi connectivity index (χ1) is 12.8. The summed E-state index contributed by atoms with van der Waals surface area (Å²) < 4.78 is 15.6. The lowest BCUT2D eigenvalue weighted by Gasteiger charge is -2.34. The Morgan fingerprint density at radius 3 is 2.67 bits per heavy atom. The normalized spacial score (nSPS) is 20.4. The number of rotatable bonds is 1. The van der Waals surface area contributed by atoms with Gasteiger partial charge in [0.15, 0.2) is 0 Å². The first kappa shape index (κ1) is 16.9. The van der Waals surface area contributed by atoms with Crippen LogP contribution in [0.25, 0.3) is 0 Å². The highest BCUT2D eigenvalue weighted by Crippen LogP contribution is 2.54. The van der Waals surface area contributed by atoms with Gasteiger partial charge < -0.3 is 24.5 Å². The molecular weight excluding hydrogens is 352 g/mol. The molecule has 1 aromatic heterocycles. The first-order valence-electron chi connectivity index (χ1n) is 8.13. The number of methoxy groups -OCH3 is 1. The number of esters is 1. The second-order valence-electron chi connectivity index (χ2n) is 6.35. The van der Waals surface area contributed by atoms with Gasteiger partial charge in [-0.25, -0.2) is 9.59 Å². The van der Waals surface area contributed by atoms with Crippen molar-refractivity contribution in [2.24, 2.45) is 5.73 Å². The molecule has 4 rings (SSSR count). The van der Waals surface area contributed by atoms with Gasteiger partial charge in [-0.2, -0.15) is 0 Å². The summed E-state index contributed by atoms with van der Waals surface area (Å²) in [7, 11) is 2.73. The van der Waals surface area contributed by atoms with Crippen LogP contribution in [0.5, 0.6) is 5.75 Å². The number of para-hydroxylation sites is 1. The Morgan fingerprint density at radius 2 is 1.96 bits per heavy atom. The van der Waals surface area contributed by atoms with Gasteiger partial charge in [0.25, 0.3) is 0 Å². The largest absolute Gasteiger partial charge is 0.465 e. The van der Waals surface area contributed by atoms with Gasteiger partial charge in [-0.05, 0) is 13.0 Å². The monoisotopic (exact) mass is 368 g/mol. The summed E-state index contributed by atoms with van der Waals surface area (Å²) in [6.07, 6.45) is 0. The average Bonchev–Trinajstić information content (AvgIpc) is 2.84. The highest BCUT2D eigenvalue weighted by Gasteiger charge is 2.62. The van der Waals surface area contributed by atoms with Crippen LogP contribution in [0.3, 0.4) is 0 Å². The SMILES string of the molecule is COC(=O)C1=C(N)Oc2cc(C)oc(=O)c2[C@@]12C(=O)N(C)c1ccccc12. The maximum absolute atomic E-state index is 13.5. The van der Waals surface area contributed by atoms with E-state index in [2.05, 4.69) is 0 Å². The van der Waals surface area contributed by atoms with Crippen molar-refractivity contribution in [2.45, 2.75) is 12.3 Å². The molecule has 3 heterocycles. The van der Waals surface area contributed by atoms with Gasteiger partial charge in [0, 0.05) is 24.4 Å². The molecule has 1 atom stereocenters. The smallest absolute Gasteiger partial charge is 0.344 e. The number of benzene rings is 1. The van der Waals surface area contributed by atoms with Crippen molar-refractivity contribution in [1.82, 2.24) is 0 Å². The summed E-state index contributed by atoms with van der Waals surface area (Å²) in [6.45, 7) is 1.57. The number of aryl methyl sites for hydroxylation is 1. The molecule has 0 saturated heterocycles. The number of nitrogens with zero attached hydrogens (tertiary/aromatic N) is 1. The number of fused-ring (bicyclic) bond motifs is 4. The predicted octanol–water partition coefficient (Wildman–Crippen LogP) is 0.946. The number of carbonyl (C=O) groups is 2. The minimum Gasteiger partial charge on any atom is -0.465 e. The van der Waals surface area contributed by atoms with Crippen LogP contribution < -0.4 is 21.0 Å². The number of amides is 1. The zero-order valence-electron chi connectivity index (χ0n) is 14.9. The number of hydrogen-bond donors (Lipinski definition) is 1. The molecule has 8 heteroatoms. The van der Waals surface area contributed by atoms with Crippen LogP contribution in [0.15, 0.2) is 51.0 Å². The highest BCUT2D eigenvalue weighted by atomic mass is 16.5. The van der Waals surface area contributed by atoms with E-state index in [1.165, 1.54) is 18.1 Å². The molecule has 0 fully saturated rings. The molecule has 2 aliphatic heterocycles. The number of carbonyl (C=O) groups excluding carboxylic acids is 2. The highest BCUT2D eigenvalue weighted by molar-refractivity contribution is 6.18. The summed E-state index contributed by atoms with van der Waals surface area (Å²) in [5.41, 5.74) is 4.11. The van der Waals surface area contributed by atoms with E-state index in [4.69, 9.17) is 19.6 Å². The molecule has 2 aliphatic rings. The topological polar surface area (TPSA) is 112 Å². The second kappa shape index (κ2) is 5.47. The van der Waals surface area contributed by atoms with Crippen molar-refractivity contribution in [2.75, 3.05) is 19.1 Å². The van der Waals surface area contributed by atoms with Crippen LogP contribution in [-0.4, -0.2) is 26.0 Å². The molecule has 2 N–H and O–H groups in total. The summed E-state index contributed by atoms with van der Waals surface area (Å²) in [5, 5.41) is 0. The predicted molar refractivity (Wildman–Crippen MR) is 94.2 cm³/mol. The number of nitrogens with two attached hydrogens (primary N) is 1. The second-order valence-corrected chi connectivity index (χ2v) is 6.35. The fourth-order valence-electron chi connectivity index (χ4n) is 3.88. The Hall–Kier alpha value is -3.55. The van der Waals surface area contributed by atoms with Crippen molar-refractivity contribution in [3.05, 3.63) is 69.1 Å².